The van der Waals surface area contributed by atoms with Gasteiger partial charge in [-0.2, -0.15) is 0 Å². The average Bonchev–Trinajstić information content (AvgIpc) is 2.52. The Morgan fingerprint density at radius 2 is 2.10 bits per heavy atom. The van der Waals surface area contributed by atoms with Crippen molar-refractivity contribution in [1.29, 1.82) is 0 Å². The molecule has 2 heterocycles. The number of hydrogen-bond donors (Lipinski definition) is 1. The first kappa shape index (κ1) is 14.9. The number of rotatable bonds is 0. The molecule has 1 fully saturated rings. The smallest absolute Gasteiger partial charge is 0.411 e. The van der Waals surface area contributed by atoms with Crippen molar-refractivity contribution in [2.45, 2.75) is 57.6 Å². The summed E-state index contributed by atoms with van der Waals surface area (Å²) in [5, 5.41) is 2.88. The van der Waals surface area contributed by atoms with Crippen molar-refractivity contribution in [3.63, 3.8) is 0 Å². The maximum atomic E-state index is 12.5. The number of carbonyl (C=O) groups excluding carboxylic acids is 2. The monoisotopic (exact) mass is 280 g/mol. The second kappa shape index (κ2) is 5.46. The highest BCUT2D eigenvalue weighted by atomic mass is 16.6. The summed E-state index contributed by atoms with van der Waals surface area (Å²) >= 11 is 0. The van der Waals surface area contributed by atoms with Crippen LogP contribution in [0.4, 0.5) is 4.79 Å². The van der Waals surface area contributed by atoms with E-state index in [4.69, 9.17) is 4.74 Å². The van der Waals surface area contributed by atoms with E-state index >= 15 is 0 Å². The van der Waals surface area contributed by atoms with Crippen LogP contribution in [0.1, 0.15) is 46.5 Å². The zero-order valence-electron chi connectivity index (χ0n) is 12.6. The van der Waals surface area contributed by atoms with Crippen molar-refractivity contribution in [1.82, 2.24) is 10.2 Å². The molecule has 1 N–H and O–H groups in total. The third-order valence-corrected chi connectivity index (χ3v) is 3.78. The van der Waals surface area contributed by atoms with Gasteiger partial charge in [-0.05, 0) is 46.5 Å². The van der Waals surface area contributed by atoms with E-state index in [0.29, 0.717) is 25.9 Å². The average molecular weight is 280 g/mol. The lowest BCUT2D eigenvalue weighted by atomic mass is 9.83. The first-order valence-electron chi connectivity index (χ1n) is 7.29. The predicted octanol–water partition coefficient (Wildman–Crippen LogP) is 2.22. The van der Waals surface area contributed by atoms with E-state index in [1.807, 2.05) is 32.9 Å². The summed E-state index contributed by atoms with van der Waals surface area (Å²) in [6, 6.07) is 0. The van der Waals surface area contributed by atoms with Crippen LogP contribution in [0.15, 0.2) is 12.2 Å². The van der Waals surface area contributed by atoms with E-state index < -0.39 is 11.1 Å². The van der Waals surface area contributed by atoms with Crippen LogP contribution >= 0.6 is 0 Å². The van der Waals surface area contributed by atoms with E-state index in [2.05, 4.69) is 5.32 Å². The highest BCUT2D eigenvalue weighted by Crippen LogP contribution is 2.34. The molecule has 0 aliphatic carbocycles. The van der Waals surface area contributed by atoms with Gasteiger partial charge in [0.25, 0.3) is 0 Å². The van der Waals surface area contributed by atoms with Crippen LogP contribution < -0.4 is 5.32 Å². The lowest BCUT2D eigenvalue weighted by molar-refractivity contribution is -0.135. The SMILES string of the molecule is CC(C)(C)OC(=O)N1CCCCC12CC=CCNC2=O. The molecule has 0 aromatic heterocycles. The molecular formula is C15H24N2O3. The third-order valence-electron chi connectivity index (χ3n) is 3.78. The summed E-state index contributed by atoms with van der Waals surface area (Å²) in [6.07, 6.45) is 6.68. The third kappa shape index (κ3) is 2.97. The predicted molar refractivity (Wildman–Crippen MR) is 76.3 cm³/mol. The van der Waals surface area contributed by atoms with Crippen molar-refractivity contribution in [2.75, 3.05) is 13.1 Å². The van der Waals surface area contributed by atoms with Crippen molar-refractivity contribution in [3.8, 4) is 0 Å². The van der Waals surface area contributed by atoms with Gasteiger partial charge in [-0.3, -0.25) is 9.69 Å². The molecule has 0 aromatic carbocycles. The molecule has 2 rings (SSSR count). The van der Waals surface area contributed by atoms with Gasteiger partial charge in [0.2, 0.25) is 5.91 Å². The molecule has 2 aliphatic heterocycles. The lowest BCUT2D eigenvalue weighted by Gasteiger charge is -2.45. The van der Waals surface area contributed by atoms with Crippen LogP contribution in [-0.2, 0) is 9.53 Å². The first-order chi connectivity index (χ1) is 9.35. The van der Waals surface area contributed by atoms with Gasteiger partial charge in [-0.25, -0.2) is 4.79 Å². The van der Waals surface area contributed by atoms with Crippen LogP contribution in [0.5, 0.6) is 0 Å². The lowest BCUT2D eigenvalue weighted by Crippen LogP contribution is -2.62. The van der Waals surface area contributed by atoms with Crippen LogP contribution in [0, 0.1) is 0 Å². The van der Waals surface area contributed by atoms with E-state index in [-0.39, 0.29) is 12.0 Å². The highest BCUT2D eigenvalue weighted by Gasteiger charge is 2.48. The van der Waals surface area contributed by atoms with Crippen molar-refractivity contribution < 1.29 is 14.3 Å². The molecule has 2 amide bonds. The molecule has 0 radical (unpaired) electrons. The number of ether oxygens (including phenoxy) is 1. The van der Waals surface area contributed by atoms with E-state index in [1.165, 1.54) is 0 Å². The molecule has 5 heteroatoms. The minimum Gasteiger partial charge on any atom is -0.444 e. The number of amides is 2. The Labute approximate surface area is 120 Å². The zero-order chi connectivity index (χ0) is 14.8. The highest BCUT2D eigenvalue weighted by molar-refractivity contribution is 5.91. The molecule has 0 aromatic rings. The Bertz CT molecular complexity index is 425. The maximum Gasteiger partial charge on any atom is 0.411 e. The number of nitrogens with one attached hydrogen (secondary N) is 1. The molecular weight excluding hydrogens is 256 g/mol. The molecule has 2 aliphatic rings. The molecule has 1 atom stereocenters. The van der Waals surface area contributed by atoms with Gasteiger partial charge >= 0.3 is 6.09 Å². The van der Waals surface area contributed by atoms with Gasteiger partial charge in [-0.1, -0.05) is 12.2 Å². The fourth-order valence-electron chi connectivity index (χ4n) is 2.84. The molecule has 1 saturated heterocycles. The summed E-state index contributed by atoms with van der Waals surface area (Å²) in [5.41, 5.74) is -1.32. The van der Waals surface area contributed by atoms with E-state index in [1.54, 1.807) is 4.90 Å². The van der Waals surface area contributed by atoms with Crippen LogP contribution in [0.2, 0.25) is 0 Å². The van der Waals surface area contributed by atoms with Gasteiger partial charge in [-0.15, -0.1) is 0 Å². The van der Waals surface area contributed by atoms with E-state index in [9.17, 15) is 9.59 Å². The summed E-state index contributed by atoms with van der Waals surface area (Å²) in [5.74, 6) is -0.0620. The minimum atomic E-state index is -0.770. The molecule has 5 nitrogen and oxygen atoms in total. The van der Waals surface area contributed by atoms with Crippen molar-refractivity contribution in [2.24, 2.45) is 0 Å². The van der Waals surface area contributed by atoms with Crippen LogP contribution in [0.25, 0.3) is 0 Å². The summed E-state index contributed by atoms with van der Waals surface area (Å²) in [6.45, 7) is 6.64. The van der Waals surface area contributed by atoms with Gasteiger partial charge in [0.05, 0.1) is 0 Å². The van der Waals surface area contributed by atoms with Crippen molar-refractivity contribution in [3.05, 3.63) is 12.2 Å². The maximum absolute atomic E-state index is 12.5. The summed E-state index contributed by atoms with van der Waals surface area (Å²) in [4.78, 5) is 26.5. The summed E-state index contributed by atoms with van der Waals surface area (Å²) < 4.78 is 5.48. The van der Waals surface area contributed by atoms with Crippen molar-refractivity contribution >= 4 is 12.0 Å². The first-order valence-corrected chi connectivity index (χ1v) is 7.29. The second-order valence-corrected chi connectivity index (χ2v) is 6.51. The standard InChI is InChI=1S/C15H24N2O3/c1-14(2,3)20-13(19)17-11-7-5-9-15(17)8-4-6-10-16-12(15)18/h4,6H,5,7-11H2,1-3H3,(H,16,18). The Morgan fingerprint density at radius 3 is 2.80 bits per heavy atom. The Hall–Kier alpha value is -1.52. The Morgan fingerprint density at radius 1 is 1.35 bits per heavy atom. The number of nitrogens with zero attached hydrogens (tertiary/aromatic N) is 1. The molecule has 0 saturated carbocycles. The summed E-state index contributed by atoms with van der Waals surface area (Å²) in [7, 11) is 0. The number of piperidine rings is 1. The quantitative estimate of drug-likeness (QED) is 0.692. The molecule has 0 bridgehead atoms. The van der Waals surface area contributed by atoms with E-state index in [0.717, 1.165) is 12.8 Å². The molecule has 112 valence electrons. The number of carbonyl (C=O) groups is 2. The molecule has 20 heavy (non-hydrogen) atoms. The number of hydrogen-bond acceptors (Lipinski definition) is 3. The Kier molecular flexibility index (Phi) is 4.06. The van der Waals surface area contributed by atoms with Gasteiger partial charge in [0.1, 0.15) is 11.1 Å². The fraction of sp³-hybridized carbons (Fsp3) is 0.733. The molecule has 1 spiro atoms. The topological polar surface area (TPSA) is 58.6 Å². The van der Waals surface area contributed by atoms with Gasteiger partial charge in [0.15, 0.2) is 0 Å². The zero-order valence-corrected chi connectivity index (χ0v) is 12.6. The normalized spacial score (nSPS) is 27.1. The van der Waals surface area contributed by atoms with Gasteiger partial charge < -0.3 is 10.1 Å². The second-order valence-electron chi connectivity index (χ2n) is 6.51. The Balaban J connectivity index is 2.26. The molecule has 1 unspecified atom stereocenters. The number of likely N-dealkylation sites (tertiary alicyclic amines) is 1. The fourth-order valence-corrected chi connectivity index (χ4v) is 2.84. The van der Waals surface area contributed by atoms with Crippen LogP contribution in [0.3, 0.4) is 0 Å². The van der Waals surface area contributed by atoms with Crippen LogP contribution in [-0.4, -0.2) is 41.1 Å². The van der Waals surface area contributed by atoms with Gasteiger partial charge in [0, 0.05) is 13.1 Å². The largest absolute Gasteiger partial charge is 0.444 e. The minimum absolute atomic E-state index is 0.0620.